The van der Waals surface area contributed by atoms with Crippen LogP contribution in [0.5, 0.6) is 0 Å². The summed E-state index contributed by atoms with van der Waals surface area (Å²) in [6.45, 7) is 0. The molecule has 0 fully saturated rings. The van der Waals surface area contributed by atoms with Gasteiger partial charge in [-0.3, -0.25) is 18.7 Å². The molecule has 1 aromatic carbocycles. The predicted octanol–water partition coefficient (Wildman–Crippen LogP) is -0.847. The van der Waals surface area contributed by atoms with Crippen molar-refractivity contribution in [3.8, 4) is 0 Å². The second-order valence-corrected chi connectivity index (χ2v) is 6.96. The van der Waals surface area contributed by atoms with Crippen molar-refractivity contribution in [2.24, 2.45) is 14.1 Å². The van der Waals surface area contributed by atoms with Gasteiger partial charge in [-0.05, 0) is 12.1 Å². The Hall–Kier alpha value is -3.01. The minimum Gasteiger partial charge on any atom is -0.304 e. The number of rotatable bonds is 2. The van der Waals surface area contributed by atoms with Crippen LogP contribution >= 0.6 is 0 Å². The first-order valence-electron chi connectivity index (χ1n) is 6.75. The zero-order valence-corrected chi connectivity index (χ0v) is 13.5. The molecular weight excluding hydrogens is 336 g/mol. The SMILES string of the molecule is Cn1c(=O)c2nc(S(=O)(=O)c3ccccc3)c(=O)[nH]c2n(C)c1=O. The minimum atomic E-state index is -4.20. The normalized spacial score (nSPS) is 11.8. The van der Waals surface area contributed by atoms with Gasteiger partial charge >= 0.3 is 5.69 Å². The minimum absolute atomic E-state index is 0.121. The summed E-state index contributed by atoms with van der Waals surface area (Å²) in [6.07, 6.45) is 0. The molecule has 3 rings (SSSR count). The lowest BCUT2D eigenvalue weighted by molar-refractivity contribution is 0.590. The van der Waals surface area contributed by atoms with E-state index in [1.807, 2.05) is 0 Å². The van der Waals surface area contributed by atoms with Crippen molar-refractivity contribution in [3.63, 3.8) is 0 Å². The van der Waals surface area contributed by atoms with E-state index in [9.17, 15) is 22.8 Å². The van der Waals surface area contributed by atoms with Crippen LogP contribution in [0.4, 0.5) is 0 Å². The van der Waals surface area contributed by atoms with Gasteiger partial charge in [0.05, 0.1) is 4.90 Å². The summed E-state index contributed by atoms with van der Waals surface area (Å²) < 4.78 is 27.0. The topological polar surface area (TPSA) is 124 Å². The standard InChI is InChI=1S/C14H12N4O5S/c1-17-10-9(13(20)18(2)14(17)21)15-12(11(19)16-10)24(22,23)8-6-4-3-5-7-8/h3-7H,1-2H3,(H,16,19). The highest BCUT2D eigenvalue weighted by atomic mass is 32.2. The van der Waals surface area contributed by atoms with Crippen LogP contribution in [0.1, 0.15) is 0 Å². The monoisotopic (exact) mass is 348 g/mol. The zero-order chi connectivity index (χ0) is 17.6. The smallest absolute Gasteiger partial charge is 0.304 e. The predicted molar refractivity (Wildman–Crippen MR) is 84.7 cm³/mol. The van der Waals surface area contributed by atoms with Crippen molar-refractivity contribution >= 4 is 21.0 Å². The molecule has 0 radical (unpaired) electrons. The van der Waals surface area contributed by atoms with Gasteiger partial charge in [-0.25, -0.2) is 18.2 Å². The number of hydrogen-bond acceptors (Lipinski definition) is 6. The fourth-order valence-electron chi connectivity index (χ4n) is 2.28. The van der Waals surface area contributed by atoms with Crippen molar-refractivity contribution in [2.75, 3.05) is 0 Å². The highest BCUT2D eigenvalue weighted by Crippen LogP contribution is 2.16. The van der Waals surface area contributed by atoms with Gasteiger partial charge in [-0.15, -0.1) is 0 Å². The van der Waals surface area contributed by atoms with Crippen LogP contribution in [0.25, 0.3) is 11.2 Å². The van der Waals surface area contributed by atoms with Gasteiger partial charge in [-0.2, -0.15) is 0 Å². The second kappa shape index (κ2) is 5.27. The van der Waals surface area contributed by atoms with Crippen molar-refractivity contribution < 1.29 is 8.42 Å². The maximum atomic E-state index is 12.6. The van der Waals surface area contributed by atoms with E-state index in [4.69, 9.17) is 0 Å². The van der Waals surface area contributed by atoms with Crippen LogP contribution in [0.15, 0.2) is 54.6 Å². The molecule has 3 aromatic rings. The Morgan fingerprint density at radius 3 is 2.25 bits per heavy atom. The van der Waals surface area contributed by atoms with E-state index in [-0.39, 0.29) is 16.1 Å². The molecule has 0 aliphatic rings. The summed E-state index contributed by atoms with van der Waals surface area (Å²) in [4.78, 5) is 42.2. The van der Waals surface area contributed by atoms with Crippen LogP contribution in [0, 0.1) is 0 Å². The van der Waals surface area contributed by atoms with Crippen molar-refractivity contribution in [2.45, 2.75) is 9.92 Å². The van der Waals surface area contributed by atoms with E-state index in [1.165, 1.54) is 38.4 Å². The van der Waals surface area contributed by atoms with Gasteiger partial charge in [0.15, 0.2) is 5.52 Å². The summed E-state index contributed by atoms with van der Waals surface area (Å²) in [5, 5.41) is -0.794. The maximum Gasteiger partial charge on any atom is 0.332 e. The highest BCUT2D eigenvalue weighted by molar-refractivity contribution is 7.91. The highest BCUT2D eigenvalue weighted by Gasteiger charge is 2.25. The Balaban J connectivity index is 2.45. The number of benzene rings is 1. The molecule has 10 heteroatoms. The summed E-state index contributed by atoms with van der Waals surface area (Å²) in [6, 6.07) is 7.28. The van der Waals surface area contributed by atoms with Gasteiger partial charge in [0, 0.05) is 14.1 Å². The van der Waals surface area contributed by atoms with E-state index in [1.54, 1.807) is 6.07 Å². The lowest BCUT2D eigenvalue weighted by Gasteiger charge is -2.08. The number of sulfone groups is 1. The quantitative estimate of drug-likeness (QED) is 0.643. The first kappa shape index (κ1) is 15.9. The molecule has 1 N–H and O–H groups in total. The number of fused-ring (bicyclic) bond motifs is 1. The zero-order valence-electron chi connectivity index (χ0n) is 12.7. The number of aryl methyl sites for hydroxylation is 1. The molecule has 0 amide bonds. The first-order chi connectivity index (χ1) is 11.2. The first-order valence-corrected chi connectivity index (χ1v) is 8.23. The largest absolute Gasteiger partial charge is 0.332 e. The molecule has 124 valence electrons. The molecule has 0 aliphatic carbocycles. The van der Waals surface area contributed by atoms with E-state index in [0.717, 1.165) is 9.13 Å². The number of nitrogens with one attached hydrogen (secondary N) is 1. The summed E-state index contributed by atoms with van der Waals surface area (Å²) in [5.74, 6) is 0. The third-order valence-electron chi connectivity index (χ3n) is 3.59. The number of nitrogens with zero attached hydrogens (tertiary/aromatic N) is 3. The lowest BCUT2D eigenvalue weighted by Crippen LogP contribution is -2.39. The molecule has 24 heavy (non-hydrogen) atoms. The number of H-pyrrole nitrogens is 1. The van der Waals surface area contributed by atoms with Crippen molar-refractivity contribution in [1.29, 1.82) is 0 Å². The molecule has 0 aliphatic heterocycles. The Bertz CT molecular complexity index is 1240. The maximum absolute atomic E-state index is 12.6. The number of aromatic nitrogens is 4. The van der Waals surface area contributed by atoms with Crippen molar-refractivity contribution in [1.82, 2.24) is 19.1 Å². The fourth-order valence-corrected chi connectivity index (χ4v) is 3.52. The molecule has 0 saturated carbocycles. The van der Waals surface area contributed by atoms with Gasteiger partial charge in [-0.1, -0.05) is 18.2 Å². The Morgan fingerprint density at radius 2 is 1.62 bits per heavy atom. The van der Waals surface area contributed by atoms with Gasteiger partial charge in [0.25, 0.3) is 11.1 Å². The number of hydrogen-bond donors (Lipinski definition) is 1. The second-order valence-electron chi connectivity index (χ2n) is 5.09. The Kier molecular flexibility index (Phi) is 3.48. The van der Waals surface area contributed by atoms with Crippen LogP contribution in [-0.2, 0) is 23.9 Å². The Labute approximate surface area is 134 Å². The molecule has 0 saturated heterocycles. The summed E-state index contributed by atoms with van der Waals surface area (Å²) >= 11 is 0. The summed E-state index contributed by atoms with van der Waals surface area (Å²) in [7, 11) is -1.63. The van der Waals surface area contributed by atoms with E-state index in [2.05, 4.69) is 9.97 Å². The number of aromatic amines is 1. The van der Waals surface area contributed by atoms with Gasteiger partial charge in [0.2, 0.25) is 14.9 Å². The Morgan fingerprint density at radius 1 is 1.00 bits per heavy atom. The third kappa shape index (κ3) is 2.19. The average molecular weight is 348 g/mol. The molecule has 0 atom stereocenters. The molecule has 2 heterocycles. The van der Waals surface area contributed by atoms with Crippen LogP contribution in [0.3, 0.4) is 0 Å². The molecule has 0 spiro atoms. The van der Waals surface area contributed by atoms with Crippen molar-refractivity contribution in [3.05, 3.63) is 61.5 Å². The molecular formula is C14H12N4O5S. The van der Waals surface area contributed by atoms with Crippen LogP contribution in [-0.4, -0.2) is 27.5 Å². The molecule has 0 unspecified atom stereocenters. The molecule has 9 nitrogen and oxygen atoms in total. The fraction of sp³-hybridized carbons (Fsp3) is 0.143. The molecule has 0 bridgehead atoms. The van der Waals surface area contributed by atoms with E-state index < -0.39 is 31.7 Å². The molecule has 2 aromatic heterocycles. The van der Waals surface area contributed by atoms with Gasteiger partial charge in [0.1, 0.15) is 5.65 Å². The average Bonchev–Trinajstić information content (AvgIpc) is 2.58. The van der Waals surface area contributed by atoms with E-state index in [0.29, 0.717) is 0 Å². The van der Waals surface area contributed by atoms with E-state index >= 15 is 0 Å². The third-order valence-corrected chi connectivity index (χ3v) is 5.27. The van der Waals surface area contributed by atoms with Crippen LogP contribution < -0.4 is 16.8 Å². The van der Waals surface area contributed by atoms with Crippen LogP contribution in [0.2, 0.25) is 0 Å². The van der Waals surface area contributed by atoms with Gasteiger partial charge < -0.3 is 4.98 Å². The summed E-state index contributed by atoms with van der Waals surface area (Å²) in [5.41, 5.74) is -2.92. The lowest BCUT2D eigenvalue weighted by atomic mass is 10.4.